The Bertz CT molecular complexity index is 462. The van der Waals surface area contributed by atoms with Crippen molar-refractivity contribution in [1.82, 2.24) is 0 Å². The molecule has 19 heavy (non-hydrogen) atoms. The predicted octanol–water partition coefficient (Wildman–Crippen LogP) is 5.24. The highest BCUT2D eigenvalue weighted by atomic mass is 31.1. The lowest BCUT2D eigenvalue weighted by molar-refractivity contribution is 0.200. The molecule has 4 atom stereocenters. The molecule has 0 nitrogen and oxygen atoms in total. The Hall–Kier alpha value is -0.610. The van der Waals surface area contributed by atoms with Crippen molar-refractivity contribution in [2.24, 2.45) is 11.3 Å². The van der Waals surface area contributed by atoms with Crippen LogP contribution in [0.15, 0.2) is 48.1 Å². The first-order valence-corrected chi connectivity index (χ1v) is 8.73. The number of hydrogen-bond acceptors (Lipinski definition) is 0. The zero-order valence-electron chi connectivity index (χ0n) is 12.2. The van der Waals surface area contributed by atoms with E-state index in [4.69, 9.17) is 0 Å². The van der Waals surface area contributed by atoms with Crippen molar-refractivity contribution in [1.29, 1.82) is 0 Å². The Morgan fingerprint density at radius 3 is 2.74 bits per heavy atom. The van der Waals surface area contributed by atoms with Crippen LogP contribution in [0.25, 0.3) is 0 Å². The highest BCUT2D eigenvalue weighted by Crippen LogP contribution is 2.61. The predicted molar refractivity (Wildman–Crippen MR) is 87.1 cm³/mol. The summed E-state index contributed by atoms with van der Waals surface area (Å²) in [6.07, 6.45) is 16.9. The fourth-order valence-corrected chi connectivity index (χ4v) is 5.94. The fourth-order valence-electron chi connectivity index (χ4n) is 3.83. The molecule has 3 rings (SSSR count). The quantitative estimate of drug-likeness (QED) is 0.476. The van der Waals surface area contributed by atoms with Crippen LogP contribution in [-0.4, -0.2) is 11.3 Å². The van der Waals surface area contributed by atoms with Crippen molar-refractivity contribution < 1.29 is 0 Å². The van der Waals surface area contributed by atoms with Gasteiger partial charge in [0.2, 0.25) is 0 Å². The van der Waals surface area contributed by atoms with Crippen LogP contribution in [0.5, 0.6) is 0 Å². The molecule has 1 saturated carbocycles. The Labute approximate surface area is 119 Å². The van der Waals surface area contributed by atoms with Crippen molar-refractivity contribution in [2.45, 2.75) is 50.8 Å². The molecule has 0 amide bonds. The van der Waals surface area contributed by atoms with Gasteiger partial charge in [-0.05, 0) is 37.5 Å². The van der Waals surface area contributed by atoms with Gasteiger partial charge in [0, 0.05) is 11.3 Å². The van der Waals surface area contributed by atoms with Crippen molar-refractivity contribution in [2.75, 3.05) is 0 Å². The summed E-state index contributed by atoms with van der Waals surface area (Å²) in [5.41, 5.74) is 5.27. The molecule has 0 spiro atoms. The molecular formula is C18H25P. The van der Waals surface area contributed by atoms with Crippen LogP contribution in [-0.2, 0) is 0 Å². The molecule has 0 N–H and O–H groups in total. The summed E-state index contributed by atoms with van der Waals surface area (Å²) in [6.45, 7) is 8.92. The van der Waals surface area contributed by atoms with Gasteiger partial charge in [-0.25, -0.2) is 0 Å². The maximum atomic E-state index is 4.21. The highest BCUT2D eigenvalue weighted by Gasteiger charge is 2.48. The van der Waals surface area contributed by atoms with Gasteiger partial charge in [0.15, 0.2) is 0 Å². The van der Waals surface area contributed by atoms with Gasteiger partial charge in [-0.2, -0.15) is 0 Å². The zero-order chi connectivity index (χ0) is 13.5. The Balaban J connectivity index is 1.89. The lowest BCUT2D eigenvalue weighted by Gasteiger charge is -2.53. The number of allylic oxidation sites excluding steroid dienone is 7. The van der Waals surface area contributed by atoms with E-state index < -0.39 is 0 Å². The van der Waals surface area contributed by atoms with Crippen LogP contribution in [0.2, 0.25) is 0 Å². The molecule has 0 aromatic heterocycles. The molecular weight excluding hydrogens is 247 g/mol. The van der Waals surface area contributed by atoms with Crippen LogP contribution < -0.4 is 0 Å². The van der Waals surface area contributed by atoms with Crippen LogP contribution in [0.4, 0.5) is 0 Å². The second kappa shape index (κ2) is 5.06. The fraction of sp³-hybridized carbons (Fsp3) is 0.556. The Kier molecular flexibility index (Phi) is 3.56. The van der Waals surface area contributed by atoms with Gasteiger partial charge >= 0.3 is 0 Å². The van der Waals surface area contributed by atoms with Gasteiger partial charge < -0.3 is 0 Å². The molecule has 1 saturated heterocycles. The van der Waals surface area contributed by atoms with E-state index in [0.29, 0.717) is 5.41 Å². The van der Waals surface area contributed by atoms with Crippen LogP contribution >= 0.6 is 8.58 Å². The summed E-state index contributed by atoms with van der Waals surface area (Å²) in [7, 11) is 1.07. The minimum absolute atomic E-state index is 0.505. The number of rotatable bonds is 2. The molecule has 4 unspecified atom stereocenters. The molecule has 2 fully saturated rings. The van der Waals surface area contributed by atoms with E-state index in [0.717, 1.165) is 25.8 Å². The SMILES string of the molecule is C=C(C)C1PC2/C(C3(C)CCC3)=C/C=C\C=C\CC12. The average molecular weight is 272 g/mol. The van der Waals surface area contributed by atoms with E-state index in [1.54, 1.807) is 5.57 Å². The minimum atomic E-state index is 0.505. The molecule has 0 bridgehead atoms. The first-order valence-electron chi connectivity index (χ1n) is 7.57. The summed E-state index contributed by atoms with van der Waals surface area (Å²) >= 11 is 0. The van der Waals surface area contributed by atoms with E-state index in [9.17, 15) is 0 Å². The molecule has 1 heteroatoms. The molecule has 0 radical (unpaired) electrons. The summed E-state index contributed by atoms with van der Waals surface area (Å²) in [6, 6.07) is 0. The van der Waals surface area contributed by atoms with E-state index in [-0.39, 0.29) is 0 Å². The van der Waals surface area contributed by atoms with Gasteiger partial charge in [-0.15, -0.1) is 8.58 Å². The maximum absolute atomic E-state index is 4.21. The van der Waals surface area contributed by atoms with Gasteiger partial charge in [-0.3, -0.25) is 0 Å². The summed E-state index contributed by atoms with van der Waals surface area (Å²) < 4.78 is 0. The monoisotopic (exact) mass is 272 g/mol. The third-order valence-corrected chi connectivity index (χ3v) is 7.66. The maximum Gasteiger partial charge on any atom is 0.00273 e. The van der Waals surface area contributed by atoms with Crippen molar-refractivity contribution in [3.63, 3.8) is 0 Å². The smallest absolute Gasteiger partial charge is 0.00273 e. The Morgan fingerprint density at radius 1 is 1.32 bits per heavy atom. The number of fused-ring (bicyclic) bond motifs is 1. The minimum Gasteiger partial charge on any atom is -0.107 e. The van der Waals surface area contributed by atoms with Crippen molar-refractivity contribution in [3.05, 3.63) is 48.1 Å². The topological polar surface area (TPSA) is 0 Å². The molecule has 1 aliphatic heterocycles. The average Bonchev–Trinajstić information content (AvgIpc) is 2.37. The molecule has 0 aromatic rings. The molecule has 2 aliphatic carbocycles. The van der Waals surface area contributed by atoms with Gasteiger partial charge in [-0.1, -0.05) is 61.4 Å². The van der Waals surface area contributed by atoms with Gasteiger partial charge in [0.25, 0.3) is 0 Å². The lowest BCUT2D eigenvalue weighted by atomic mass is 9.63. The third kappa shape index (κ3) is 2.29. The van der Waals surface area contributed by atoms with Crippen LogP contribution in [0.3, 0.4) is 0 Å². The molecule has 102 valence electrons. The van der Waals surface area contributed by atoms with E-state index in [1.165, 1.54) is 31.3 Å². The van der Waals surface area contributed by atoms with E-state index >= 15 is 0 Å². The van der Waals surface area contributed by atoms with Crippen molar-refractivity contribution in [3.8, 4) is 0 Å². The number of hydrogen-bond donors (Lipinski definition) is 0. The summed E-state index contributed by atoms with van der Waals surface area (Å²) in [4.78, 5) is 0. The van der Waals surface area contributed by atoms with Gasteiger partial charge in [0.05, 0.1) is 0 Å². The van der Waals surface area contributed by atoms with Gasteiger partial charge in [0.1, 0.15) is 0 Å². The first kappa shape index (κ1) is 13.4. The van der Waals surface area contributed by atoms with Crippen LogP contribution in [0, 0.1) is 11.3 Å². The van der Waals surface area contributed by atoms with E-state index in [1.807, 2.05) is 0 Å². The molecule has 1 heterocycles. The summed E-state index contributed by atoms with van der Waals surface area (Å²) in [5.74, 6) is 0.815. The highest BCUT2D eigenvalue weighted by molar-refractivity contribution is 7.42. The summed E-state index contributed by atoms with van der Waals surface area (Å²) in [5, 5.41) is 0. The van der Waals surface area contributed by atoms with Crippen molar-refractivity contribution >= 4 is 8.58 Å². The normalized spacial score (nSPS) is 43.3. The van der Waals surface area contributed by atoms with Crippen LogP contribution in [0.1, 0.15) is 39.5 Å². The zero-order valence-corrected chi connectivity index (χ0v) is 13.2. The first-order chi connectivity index (χ1) is 9.12. The third-order valence-electron chi connectivity index (χ3n) is 5.28. The Morgan fingerprint density at radius 2 is 2.11 bits per heavy atom. The molecule has 0 aromatic carbocycles. The lowest BCUT2D eigenvalue weighted by Crippen LogP contribution is -2.45. The second-order valence-corrected chi connectivity index (χ2v) is 8.29. The standard InChI is InChI=1S/C18H25P/c1-13(2)16-14-9-6-4-5-7-10-15(17(14)19-16)18(3)11-8-12-18/h4-7,10,14,16-17,19H,1,8-9,11-12H2,2-3H3/b6-4+,7-5-,15-10-. The second-order valence-electron chi connectivity index (χ2n) is 6.72. The molecule has 3 aliphatic rings. The largest absolute Gasteiger partial charge is 0.107 e. The van der Waals surface area contributed by atoms with E-state index in [2.05, 4.69) is 50.8 Å².